The fraction of sp³-hybridized carbons (Fsp3) is 0.241. The lowest BCUT2D eigenvalue weighted by atomic mass is 10.1. The number of nitrogens with zero attached hydrogens (tertiary/aromatic N) is 5. The molecule has 2 heterocycles. The summed E-state index contributed by atoms with van der Waals surface area (Å²) in [6.07, 6.45) is 2.82. The summed E-state index contributed by atoms with van der Waals surface area (Å²) < 4.78 is 7.46. The highest BCUT2D eigenvalue weighted by Gasteiger charge is 2.22. The molecule has 0 aliphatic carbocycles. The van der Waals surface area contributed by atoms with Crippen molar-refractivity contribution in [3.63, 3.8) is 0 Å². The molecule has 208 valence electrons. The van der Waals surface area contributed by atoms with Crippen molar-refractivity contribution in [3.8, 4) is 17.0 Å². The van der Waals surface area contributed by atoms with Crippen LogP contribution in [0.3, 0.4) is 0 Å². The number of carbonyl (C=O) groups excluding carboxylic acids is 2. The van der Waals surface area contributed by atoms with Gasteiger partial charge >= 0.3 is 0 Å². The minimum absolute atomic E-state index is 0.272. The maximum Gasteiger partial charge on any atom is 0.266 e. The van der Waals surface area contributed by atoms with Crippen molar-refractivity contribution in [2.24, 2.45) is 12.8 Å². The number of aromatic nitrogens is 3. The Bertz CT molecular complexity index is 1580. The molecule has 2 amide bonds. The number of carbonyl (C=O) groups is 2. The van der Waals surface area contributed by atoms with Crippen molar-refractivity contribution >= 4 is 45.7 Å². The van der Waals surface area contributed by atoms with Crippen LogP contribution in [-0.4, -0.2) is 72.6 Å². The zero-order chi connectivity index (χ0) is 29.0. The molecule has 4 rings (SSSR count). The summed E-state index contributed by atoms with van der Waals surface area (Å²) in [5.74, 6) is -0.0965. The van der Waals surface area contributed by atoms with Gasteiger partial charge in [0.25, 0.3) is 5.91 Å². The summed E-state index contributed by atoms with van der Waals surface area (Å²) >= 11 is 0. The Morgan fingerprint density at radius 3 is 2.55 bits per heavy atom. The fourth-order valence-corrected chi connectivity index (χ4v) is 4.53. The maximum atomic E-state index is 12.4. The van der Waals surface area contributed by atoms with Gasteiger partial charge in [0.05, 0.1) is 29.9 Å². The van der Waals surface area contributed by atoms with Crippen LogP contribution in [0.25, 0.3) is 22.2 Å². The molecule has 0 aliphatic rings. The van der Waals surface area contributed by atoms with Crippen LogP contribution in [0.15, 0.2) is 61.3 Å². The van der Waals surface area contributed by atoms with Crippen LogP contribution in [0, 0.1) is 0 Å². The van der Waals surface area contributed by atoms with E-state index in [0.29, 0.717) is 34.1 Å². The number of nitrogens with two attached hydrogens (primary N) is 1. The lowest BCUT2D eigenvalue weighted by Gasteiger charge is -2.26. The van der Waals surface area contributed by atoms with Crippen LogP contribution in [-0.2, 0) is 11.8 Å². The number of ether oxygens (including phenoxy) is 1. The van der Waals surface area contributed by atoms with Crippen molar-refractivity contribution in [1.82, 2.24) is 19.4 Å². The zero-order valence-corrected chi connectivity index (χ0v) is 23.4. The van der Waals surface area contributed by atoms with E-state index in [0.717, 1.165) is 29.7 Å². The number of aryl methyl sites for hydroxylation is 1. The fourth-order valence-electron chi connectivity index (χ4n) is 4.53. The molecular weight excluding hydrogens is 508 g/mol. The highest BCUT2D eigenvalue weighted by molar-refractivity contribution is 6.09. The molecule has 0 fully saturated rings. The van der Waals surface area contributed by atoms with Gasteiger partial charge in [0.2, 0.25) is 11.9 Å². The highest BCUT2D eigenvalue weighted by Crippen LogP contribution is 2.38. The second-order valence-corrected chi connectivity index (χ2v) is 9.54. The smallest absolute Gasteiger partial charge is 0.266 e. The van der Waals surface area contributed by atoms with Crippen LogP contribution >= 0.6 is 0 Å². The molecule has 11 heteroatoms. The molecule has 0 spiro atoms. The van der Waals surface area contributed by atoms with E-state index >= 15 is 0 Å². The Morgan fingerprint density at radius 2 is 1.88 bits per heavy atom. The molecule has 4 aromatic rings. The number of fused-ring (bicyclic) bond motifs is 1. The van der Waals surface area contributed by atoms with Crippen LogP contribution in [0.2, 0.25) is 0 Å². The Hall–Kier alpha value is -4.90. The van der Waals surface area contributed by atoms with Gasteiger partial charge < -0.3 is 35.5 Å². The number of anilines is 4. The van der Waals surface area contributed by atoms with E-state index in [9.17, 15) is 9.59 Å². The number of benzene rings is 2. The van der Waals surface area contributed by atoms with Gasteiger partial charge in [-0.25, -0.2) is 9.97 Å². The van der Waals surface area contributed by atoms with Gasteiger partial charge in [0, 0.05) is 55.9 Å². The van der Waals surface area contributed by atoms with Crippen LogP contribution in [0.4, 0.5) is 23.0 Å². The van der Waals surface area contributed by atoms with Gasteiger partial charge in [0.15, 0.2) is 0 Å². The number of likely N-dealkylation sites (N-methyl/N-ethyl adjacent to an activating group) is 2. The Morgan fingerprint density at radius 1 is 1.12 bits per heavy atom. The van der Waals surface area contributed by atoms with Crippen molar-refractivity contribution in [2.75, 3.05) is 56.9 Å². The highest BCUT2D eigenvalue weighted by atomic mass is 16.5. The number of amides is 2. The zero-order valence-electron chi connectivity index (χ0n) is 23.4. The first kappa shape index (κ1) is 28.1. The molecule has 2 aromatic heterocycles. The molecule has 0 bridgehead atoms. The molecule has 0 saturated heterocycles. The topological polar surface area (TPSA) is 131 Å². The summed E-state index contributed by atoms with van der Waals surface area (Å²) in [5.41, 5.74) is 10.0. The first-order valence-electron chi connectivity index (χ1n) is 12.6. The molecule has 40 heavy (non-hydrogen) atoms. The molecule has 0 atom stereocenters. The summed E-state index contributed by atoms with van der Waals surface area (Å²) in [7, 11) is 9.31. The van der Waals surface area contributed by atoms with Gasteiger partial charge in [-0.05, 0) is 38.4 Å². The van der Waals surface area contributed by atoms with E-state index in [1.54, 1.807) is 37.1 Å². The number of nitrogens with one attached hydrogen (secondary N) is 2. The molecule has 0 aliphatic heterocycles. The van der Waals surface area contributed by atoms with Crippen molar-refractivity contribution in [3.05, 3.63) is 67.0 Å². The summed E-state index contributed by atoms with van der Waals surface area (Å²) in [6.45, 7) is 5.10. The minimum Gasteiger partial charge on any atom is -0.494 e. The maximum absolute atomic E-state index is 12.4. The number of para-hydroxylation sites is 1. The van der Waals surface area contributed by atoms with Gasteiger partial charge in [-0.1, -0.05) is 24.8 Å². The van der Waals surface area contributed by atoms with Crippen molar-refractivity contribution in [2.45, 2.75) is 0 Å². The monoisotopic (exact) mass is 542 g/mol. The molecule has 11 nitrogen and oxygen atoms in total. The SMILES string of the molecule is C=CC(=O)Nc1cc(Nc2nccc(-c3c(C(N)=O)n(C)c4ccccc34)n2)c(OC)cc1N(C)CCN(C)C. The van der Waals surface area contributed by atoms with Crippen molar-refractivity contribution in [1.29, 1.82) is 0 Å². The van der Waals surface area contributed by atoms with E-state index < -0.39 is 5.91 Å². The second kappa shape index (κ2) is 11.9. The summed E-state index contributed by atoms with van der Waals surface area (Å²) in [6, 6.07) is 13.0. The third-order valence-electron chi connectivity index (χ3n) is 6.55. The molecular formula is C29H34N8O3. The number of primary amides is 1. The first-order valence-corrected chi connectivity index (χ1v) is 12.6. The molecule has 0 saturated carbocycles. The van der Waals surface area contributed by atoms with Gasteiger partial charge in [0.1, 0.15) is 11.4 Å². The first-order chi connectivity index (χ1) is 19.1. The van der Waals surface area contributed by atoms with Gasteiger partial charge in [-0.15, -0.1) is 0 Å². The van der Waals surface area contributed by atoms with Gasteiger partial charge in [-0.2, -0.15) is 0 Å². The predicted octanol–water partition coefficient (Wildman–Crippen LogP) is 3.61. The van der Waals surface area contributed by atoms with E-state index in [1.165, 1.54) is 6.08 Å². The number of hydrogen-bond acceptors (Lipinski definition) is 8. The average Bonchev–Trinajstić information content (AvgIpc) is 3.24. The quantitative estimate of drug-likeness (QED) is 0.245. The molecule has 0 radical (unpaired) electrons. The summed E-state index contributed by atoms with van der Waals surface area (Å²) in [4.78, 5) is 37.9. The number of methoxy groups -OCH3 is 1. The number of hydrogen-bond donors (Lipinski definition) is 3. The van der Waals surface area contributed by atoms with Crippen molar-refractivity contribution < 1.29 is 14.3 Å². The third kappa shape index (κ3) is 5.74. The Kier molecular flexibility index (Phi) is 8.34. The van der Waals surface area contributed by atoms with E-state index in [-0.39, 0.29) is 11.9 Å². The van der Waals surface area contributed by atoms with Gasteiger partial charge in [-0.3, -0.25) is 9.59 Å². The average molecular weight is 543 g/mol. The van der Waals surface area contributed by atoms with E-state index in [4.69, 9.17) is 15.5 Å². The lowest BCUT2D eigenvalue weighted by Crippen LogP contribution is -2.29. The Balaban J connectivity index is 1.77. The lowest BCUT2D eigenvalue weighted by molar-refractivity contribution is -0.111. The second-order valence-electron chi connectivity index (χ2n) is 9.54. The largest absolute Gasteiger partial charge is 0.494 e. The molecule has 0 unspecified atom stereocenters. The van der Waals surface area contributed by atoms with E-state index in [2.05, 4.69) is 27.1 Å². The number of rotatable bonds is 11. The van der Waals surface area contributed by atoms with Crippen LogP contribution < -0.4 is 26.0 Å². The molecule has 4 N–H and O–H groups in total. The van der Waals surface area contributed by atoms with Crippen LogP contribution in [0.5, 0.6) is 5.75 Å². The third-order valence-corrected chi connectivity index (χ3v) is 6.55. The predicted molar refractivity (Wildman–Crippen MR) is 159 cm³/mol. The Labute approximate surface area is 233 Å². The van der Waals surface area contributed by atoms with E-state index in [1.807, 2.05) is 56.4 Å². The molecule has 2 aromatic carbocycles. The minimum atomic E-state index is -0.555. The summed E-state index contributed by atoms with van der Waals surface area (Å²) in [5, 5.41) is 6.94. The normalized spacial score (nSPS) is 10.9. The van der Waals surface area contributed by atoms with Crippen LogP contribution in [0.1, 0.15) is 10.5 Å². The standard InChI is InChI=1S/C29H34N8O3/c1-7-25(38)32-20-16-21(24(40-6)17-23(20)36(4)15-14-35(2)3)34-29-31-13-12-19(33-29)26-18-10-8-9-11-22(18)37(5)27(26)28(30)39/h7-13,16-17H,1,14-15H2,2-6H3,(H2,30,39)(H,32,38)(H,31,33,34).